The molecule has 1 aromatic heterocycles. The van der Waals surface area contributed by atoms with Crippen LogP contribution in [0.3, 0.4) is 0 Å². The summed E-state index contributed by atoms with van der Waals surface area (Å²) in [7, 11) is 1.66. The number of nitrogens with one attached hydrogen (secondary N) is 1. The molecule has 0 spiro atoms. The SMILES string of the molecule is COCCOc1ccccc1CNCc1cnc(N)s1. The molecule has 0 saturated heterocycles. The summed E-state index contributed by atoms with van der Waals surface area (Å²) in [6, 6.07) is 7.99. The third-order valence-corrected chi connectivity index (χ3v) is 3.53. The zero-order chi connectivity index (χ0) is 14.2. The number of nitrogens with two attached hydrogens (primary N) is 1. The molecule has 3 N–H and O–H groups in total. The molecule has 2 aromatic rings. The number of nitrogens with zero attached hydrogens (tertiary/aromatic N) is 1. The van der Waals surface area contributed by atoms with Crippen molar-refractivity contribution in [3.8, 4) is 5.75 Å². The quantitative estimate of drug-likeness (QED) is 0.729. The van der Waals surface area contributed by atoms with E-state index in [0.29, 0.717) is 18.3 Å². The van der Waals surface area contributed by atoms with Crippen LogP contribution in [0.5, 0.6) is 5.75 Å². The molecule has 0 fully saturated rings. The largest absolute Gasteiger partial charge is 0.491 e. The Morgan fingerprint density at radius 3 is 2.85 bits per heavy atom. The van der Waals surface area contributed by atoms with Crippen LogP contribution in [0.15, 0.2) is 30.5 Å². The average Bonchev–Trinajstić information content (AvgIpc) is 2.86. The van der Waals surface area contributed by atoms with E-state index < -0.39 is 0 Å². The van der Waals surface area contributed by atoms with Crippen LogP contribution >= 0.6 is 11.3 Å². The zero-order valence-corrected chi connectivity index (χ0v) is 12.3. The van der Waals surface area contributed by atoms with Gasteiger partial charge in [0, 0.05) is 36.8 Å². The van der Waals surface area contributed by atoms with E-state index in [9.17, 15) is 0 Å². The lowest BCUT2D eigenvalue weighted by atomic mass is 10.2. The first-order chi connectivity index (χ1) is 9.79. The van der Waals surface area contributed by atoms with E-state index in [1.807, 2.05) is 18.2 Å². The molecule has 2 rings (SSSR count). The molecule has 0 amide bonds. The lowest BCUT2D eigenvalue weighted by molar-refractivity contribution is 0.145. The van der Waals surface area contributed by atoms with Crippen molar-refractivity contribution in [3.05, 3.63) is 40.9 Å². The Labute approximate surface area is 122 Å². The first-order valence-corrected chi connectivity index (χ1v) is 7.22. The summed E-state index contributed by atoms with van der Waals surface area (Å²) in [5.41, 5.74) is 6.73. The Morgan fingerprint density at radius 2 is 2.10 bits per heavy atom. The summed E-state index contributed by atoms with van der Waals surface area (Å²) < 4.78 is 10.7. The van der Waals surface area contributed by atoms with Crippen LogP contribution in [0.4, 0.5) is 5.13 Å². The second-order valence-electron chi connectivity index (χ2n) is 4.22. The molecule has 108 valence electrons. The molecule has 0 aliphatic rings. The van der Waals surface area contributed by atoms with Crippen molar-refractivity contribution in [2.24, 2.45) is 0 Å². The fourth-order valence-electron chi connectivity index (χ4n) is 1.75. The van der Waals surface area contributed by atoms with E-state index in [0.717, 1.165) is 29.3 Å². The molecule has 1 heterocycles. The Kier molecular flexibility index (Phi) is 5.79. The van der Waals surface area contributed by atoms with Gasteiger partial charge in [0.15, 0.2) is 5.13 Å². The predicted molar refractivity (Wildman–Crippen MR) is 80.9 cm³/mol. The number of hydrogen-bond donors (Lipinski definition) is 2. The fraction of sp³-hybridized carbons (Fsp3) is 0.357. The lowest BCUT2D eigenvalue weighted by Crippen LogP contribution is -2.13. The van der Waals surface area contributed by atoms with Gasteiger partial charge in [0.1, 0.15) is 12.4 Å². The molecule has 5 nitrogen and oxygen atoms in total. The van der Waals surface area contributed by atoms with Gasteiger partial charge in [-0.15, -0.1) is 11.3 Å². The van der Waals surface area contributed by atoms with Gasteiger partial charge in [0.25, 0.3) is 0 Å². The molecule has 0 bridgehead atoms. The van der Waals surface area contributed by atoms with Crippen molar-refractivity contribution in [1.29, 1.82) is 0 Å². The van der Waals surface area contributed by atoms with Crippen molar-refractivity contribution in [2.75, 3.05) is 26.1 Å². The standard InChI is InChI=1S/C14H19N3O2S/c1-18-6-7-19-13-5-3-2-4-11(13)8-16-9-12-10-17-14(15)20-12/h2-5,10,16H,6-9H2,1H3,(H2,15,17). The van der Waals surface area contributed by atoms with Crippen LogP contribution in [-0.2, 0) is 17.8 Å². The van der Waals surface area contributed by atoms with Gasteiger partial charge >= 0.3 is 0 Å². The van der Waals surface area contributed by atoms with Crippen molar-refractivity contribution >= 4 is 16.5 Å². The smallest absolute Gasteiger partial charge is 0.180 e. The molecule has 0 atom stereocenters. The van der Waals surface area contributed by atoms with Gasteiger partial charge in [0.05, 0.1) is 6.61 Å². The predicted octanol–water partition coefficient (Wildman–Crippen LogP) is 2.04. The van der Waals surface area contributed by atoms with Gasteiger partial charge in [-0.3, -0.25) is 0 Å². The maximum atomic E-state index is 5.69. The number of aromatic nitrogens is 1. The Bertz CT molecular complexity index is 531. The minimum atomic E-state index is 0.554. The summed E-state index contributed by atoms with van der Waals surface area (Å²) in [5, 5.41) is 3.97. The number of hydrogen-bond acceptors (Lipinski definition) is 6. The second kappa shape index (κ2) is 7.84. The summed E-state index contributed by atoms with van der Waals surface area (Å²) in [5.74, 6) is 0.890. The fourth-order valence-corrected chi connectivity index (χ4v) is 2.40. The molecule has 0 radical (unpaired) electrons. The molecule has 0 aliphatic heterocycles. The minimum absolute atomic E-state index is 0.554. The molecule has 0 unspecified atom stereocenters. The maximum absolute atomic E-state index is 5.69. The van der Waals surface area contributed by atoms with E-state index in [1.165, 1.54) is 11.3 Å². The van der Waals surface area contributed by atoms with Gasteiger partial charge in [-0.25, -0.2) is 4.98 Å². The highest BCUT2D eigenvalue weighted by atomic mass is 32.1. The monoisotopic (exact) mass is 293 g/mol. The number of ether oxygens (including phenoxy) is 2. The molecule has 20 heavy (non-hydrogen) atoms. The number of rotatable bonds is 8. The van der Waals surface area contributed by atoms with E-state index >= 15 is 0 Å². The topological polar surface area (TPSA) is 69.4 Å². The van der Waals surface area contributed by atoms with Gasteiger partial charge in [0.2, 0.25) is 0 Å². The first kappa shape index (κ1) is 14.8. The molecular formula is C14H19N3O2S. The normalized spacial score (nSPS) is 10.7. The van der Waals surface area contributed by atoms with E-state index in [1.54, 1.807) is 13.3 Å². The highest BCUT2D eigenvalue weighted by molar-refractivity contribution is 7.15. The summed E-state index contributed by atoms with van der Waals surface area (Å²) in [6.07, 6.45) is 1.80. The van der Waals surface area contributed by atoms with Crippen molar-refractivity contribution in [3.63, 3.8) is 0 Å². The third-order valence-electron chi connectivity index (χ3n) is 2.70. The highest BCUT2D eigenvalue weighted by Crippen LogP contribution is 2.18. The van der Waals surface area contributed by atoms with Crippen molar-refractivity contribution in [2.45, 2.75) is 13.1 Å². The van der Waals surface area contributed by atoms with Crippen molar-refractivity contribution < 1.29 is 9.47 Å². The number of benzene rings is 1. The zero-order valence-electron chi connectivity index (χ0n) is 11.5. The third kappa shape index (κ3) is 4.48. The Hall–Kier alpha value is -1.63. The van der Waals surface area contributed by atoms with Gasteiger partial charge in [-0.2, -0.15) is 0 Å². The van der Waals surface area contributed by atoms with E-state index in [2.05, 4.69) is 16.4 Å². The molecule has 1 aromatic carbocycles. The van der Waals surface area contributed by atoms with Gasteiger partial charge in [-0.05, 0) is 6.07 Å². The molecule has 6 heteroatoms. The number of thiazole rings is 1. The van der Waals surface area contributed by atoms with Gasteiger partial charge < -0.3 is 20.5 Å². The summed E-state index contributed by atoms with van der Waals surface area (Å²) in [4.78, 5) is 5.15. The summed E-state index contributed by atoms with van der Waals surface area (Å²) in [6.45, 7) is 2.63. The average molecular weight is 293 g/mol. The Morgan fingerprint density at radius 1 is 1.25 bits per heavy atom. The maximum Gasteiger partial charge on any atom is 0.180 e. The van der Waals surface area contributed by atoms with Crippen LogP contribution in [0.2, 0.25) is 0 Å². The molecule has 0 aliphatic carbocycles. The number of para-hydroxylation sites is 1. The first-order valence-electron chi connectivity index (χ1n) is 6.40. The van der Waals surface area contributed by atoms with Gasteiger partial charge in [-0.1, -0.05) is 18.2 Å². The van der Waals surface area contributed by atoms with E-state index in [4.69, 9.17) is 15.2 Å². The number of methoxy groups -OCH3 is 1. The van der Waals surface area contributed by atoms with Crippen LogP contribution in [0.25, 0.3) is 0 Å². The van der Waals surface area contributed by atoms with Crippen LogP contribution in [0.1, 0.15) is 10.4 Å². The van der Waals surface area contributed by atoms with E-state index in [-0.39, 0.29) is 0 Å². The molecule has 0 saturated carbocycles. The Balaban J connectivity index is 1.85. The van der Waals surface area contributed by atoms with Crippen molar-refractivity contribution in [1.82, 2.24) is 10.3 Å². The number of nitrogen functional groups attached to an aromatic ring is 1. The molecular weight excluding hydrogens is 274 g/mol. The van der Waals surface area contributed by atoms with Crippen LogP contribution < -0.4 is 15.8 Å². The van der Waals surface area contributed by atoms with Crippen LogP contribution in [0, 0.1) is 0 Å². The minimum Gasteiger partial charge on any atom is -0.491 e. The highest BCUT2D eigenvalue weighted by Gasteiger charge is 2.03. The lowest BCUT2D eigenvalue weighted by Gasteiger charge is -2.11. The second-order valence-corrected chi connectivity index (χ2v) is 5.36. The summed E-state index contributed by atoms with van der Waals surface area (Å²) >= 11 is 1.50. The number of anilines is 1. The van der Waals surface area contributed by atoms with Crippen LogP contribution in [-0.4, -0.2) is 25.3 Å².